The van der Waals surface area contributed by atoms with Gasteiger partial charge in [0.15, 0.2) is 0 Å². The molecule has 142 valence electrons. The molecule has 0 spiro atoms. The third kappa shape index (κ3) is 8.25. The minimum absolute atomic E-state index is 0.0458. The molecule has 2 amide bonds. The summed E-state index contributed by atoms with van der Waals surface area (Å²) in [6.07, 6.45) is 1.69. The molecule has 0 bridgehead atoms. The van der Waals surface area contributed by atoms with E-state index in [9.17, 15) is 14.4 Å². The number of carbonyl (C=O) groups is 3. The van der Waals surface area contributed by atoms with Crippen molar-refractivity contribution in [2.24, 2.45) is 11.5 Å². The van der Waals surface area contributed by atoms with E-state index in [-0.39, 0.29) is 30.5 Å². The number of nitrogens with two attached hydrogens (primary N) is 2. The van der Waals surface area contributed by atoms with Crippen LogP contribution in [0.25, 0.3) is 0 Å². The van der Waals surface area contributed by atoms with E-state index in [1.807, 2.05) is 0 Å². The Morgan fingerprint density at radius 3 is 2.27 bits per heavy atom. The van der Waals surface area contributed by atoms with Crippen LogP contribution in [0, 0.1) is 5.41 Å². The van der Waals surface area contributed by atoms with Crippen LogP contribution in [-0.4, -0.2) is 41.3 Å². The quantitative estimate of drug-likeness (QED) is 0.188. The van der Waals surface area contributed by atoms with Crippen molar-refractivity contribution in [1.82, 2.24) is 5.32 Å². The first-order chi connectivity index (χ1) is 12.3. The first-order valence-electron chi connectivity index (χ1n) is 8.29. The number of unbranched alkanes of at least 4 members (excludes halogenated alkanes) is 1. The number of amides is 2. The molecule has 0 radical (unpaired) electrons. The fourth-order valence-corrected chi connectivity index (χ4v) is 2.11. The van der Waals surface area contributed by atoms with Gasteiger partial charge in [0, 0.05) is 30.6 Å². The van der Waals surface area contributed by atoms with Crippen molar-refractivity contribution in [3.8, 4) is 0 Å². The summed E-state index contributed by atoms with van der Waals surface area (Å²) in [5, 5.41) is 21.3. The molecule has 0 aliphatic carbocycles. The van der Waals surface area contributed by atoms with Gasteiger partial charge in [-0.1, -0.05) is 0 Å². The number of amidine groups is 1. The lowest BCUT2D eigenvalue weighted by Crippen LogP contribution is -2.30. The van der Waals surface area contributed by atoms with Crippen molar-refractivity contribution in [2.75, 3.05) is 11.9 Å². The van der Waals surface area contributed by atoms with Crippen molar-refractivity contribution >= 4 is 29.3 Å². The summed E-state index contributed by atoms with van der Waals surface area (Å²) in [6.45, 7) is 0.416. The Bertz CT molecular complexity index is 645. The smallest absolute Gasteiger partial charge is 0.320 e. The van der Waals surface area contributed by atoms with Crippen LogP contribution < -0.4 is 22.1 Å². The highest BCUT2D eigenvalue weighted by Crippen LogP contribution is 2.10. The second kappa shape index (κ2) is 10.8. The van der Waals surface area contributed by atoms with Crippen molar-refractivity contribution in [1.29, 1.82) is 5.41 Å². The maximum Gasteiger partial charge on any atom is 0.320 e. The van der Waals surface area contributed by atoms with Gasteiger partial charge in [-0.3, -0.25) is 19.8 Å². The molecule has 0 heterocycles. The number of hydrogen-bond donors (Lipinski definition) is 6. The average molecular weight is 363 g/mol. The molecule has 1 aromatic carbocycles. The highest BCUT2D eigenvalue weighted by atomic mass is 16.4. The van der Waals surface area contributed by atoms with Gasteiger partial charge >= 0.3 is 5.97 Å². The third-order valence-corrected chi connectivity index (χ3v) is 3.64. The van der Waals surface area contributed by atoms with Gasteiger partial charge in [0.25, 0.3) is 0 Å². The highest BCUT2D eigenvalue weighted by molar-refractivity contribution is 5.96. The van der Waals surface area contributed by atoms with Crippen LogP contribution in [0.3, 0.4) is 0 Å². The third-order valence-electron chi connectivity index (χ3n) is 3.64. The predicted octanol–water partition coefficient (Wildman–Crippen LogP) is 0.388. The first kappa shape index (κ1) is 21.1. The summed E-state index contributed by atoms with van der Waals surface area (Å²) in [4.78, 5) is 34.1. The number of anilines is 1. The largest absolute Gasteiger partial charge is 0.480 e. The molecule has 0 saturated carbocycles. The van der Waals surface area contributed by atoms with E-state index < -0.39 is 12.0 Å². The monoisotopic (exact) mass is 363 g/mol. The molecule has 1 rings (SSSR count). The summed E-state index contributed by atoms with van der Waals surface area (Å²) in [5.41, 5.74) is 11.9. The van der Waals surface area contributed by atoms with E-state index in [0.717, 1.165) is 0 Å². The number of carboxylic acid groups (broad SMARTS) is 1. The molecular formula is C17H25N5O4. The number of nitrogen functional groups attached to an aromatic ring is 1. The second-order valence-corrected chi connectivity index (χ2v) is 5.83. The van der Waals surface area contributed by atoms with Crippen molar-refractivity contribution in [3.63, 3.8) is 0 Å². The fraction of sp³-hybridized carbons (Fsp3) is 0.412. The van der Waals surface area contributed by atoms with Gasteiger partial charge in [-0.25, -0.2) is 0 Å². The Kier molecular flexibility index (Phi) is 8.79. The minimum Gasteiger partial charge on any atom is -0.480 e. The van der Waals surface area contributed by atoms with Crippen molar-refractivity contribution in [3.05, 3.63) is 29.8 Å². The second-order valence-electron chi connectivity index (χ2n) is 5.83. The van der Waals surface area contributed by atoms with Crippen LogP contribution >= 0.6 is 0 Å². The summed E-state index contributed by atoms with van der Waals surface area (Å²) < 4.78 is 0. The molecule has 1 atom stereocenters. The van der Waals surface area contributed by atoms with Crippen LogP contribution in [0.2, 0.25) is 0 Å². The normalized spacial score (nSPS) is 11.4. The van der Waals surface area contributed by atoms with Gasteiger partial charge < -0.3 is 27.2 Å². The lowest BCUT2D eigenvalue weighted by molar-refractivity contribution is -0.138. The zero-order valence-electron chi connectivity index (χ0n) is 14.5. The number of carboxylic acids is 1. The van der Waals surface area contributed by atoms with Crippen LogP contribution in [0.1, 0.15) is 37.7 Å². The molecule has 26 heavy (non-hydrogen) atoms. The van der Waals surface area contributed by atoms with Gasteiger partial charge in [0.05, 0.1) is 0 Å². The van der Waals surface area contributed by atoms with Crippen LogP contribution in [0.15, 0.2) is 24.3 Å². The van der Waals surface area contributed by atoms with Crippen LogP contribution in [-0.2, 0) is 14.4 Å². The molecule has 9 heteroatoms. The fourth-order valence-electron chi connectivity index (χ4n) is 2.11. The molecule has 0 saturated heterocycles. The lowest BCUT2D eigenvalue weighted by atomic mass is 10.1. The molecule has 0 aliphatic heterocycles. The van der Waals surface area contributed by atoms with E-state index in [4.69, 9.17) is 22.0 Å². The van der Waals surface area contributed by atoms with E-state index in [1.54, 1.807) is 24.3 Å². The Hall–Kier alpha value is -2.94. The SMILES string of the molecule is N=C(N)c1ccc(NC(=O)CCC(=O)NCCCC[C@@H](N)C(=O)O)cc1. The Labute approximate surface area is 151 Å². The number of nitrogens with one attached hydrogen (secondary N) is 3. The van der Waals surface area contributed by atoms with Crippen molar-refractivity contribution < 1.29 is 19.5 Å². The number of carbonyl (C=O) groups excluding carboxylic acids is 2. The summed E-state index contributed by atoms with van der Waals surface area (Å²) in [7, 11) is 0. The summed E-state index contributed by atoms with van der Waals surface area (Å²) in [6, 6.07) is 5.65. The van der Waals surface area contributed by atoms with Gasteiger partial charge in [0.1, 0.15) is 11.9 Å². The number of rotatable bonds is 11. The zero-order chi connectivity index (χ0) is 19.5. The lowest BCUT2D eigenvalue weighted by Gasteiger charge is -2.08. The maximum absolute atomic E-state index is 11.8. The average Bonchev–Trinajstić information content (AvgIpc) is 2.59. The van der Waals surface area contributed by atoms with Gasteiger partial charge in [-0.05, 0) is 43.5 Å². The molecule has 0 unspecified atom stereocenters. The molecule has 0 aliphatic rings. The zero-order valence-corrected chi connectivity index (χ0v) is 14.5. The molecule has 8 N–H and O–H groups in total. The van der Waals surface area contributed by atoms with E-state index in [2.05, 4.69) is 10.6 Å². The number of aliphatic carboxylic acids is 1. The summed E-state index contributed by atoms with van der Waals surface area (Å²) >= 11 is 0. The molecular weight excluding hydrogens is 338 g/mol. The molecule has 1 aromatic rings. The Balaban J connectivity index is 2.18. The van der Waals surface area contributed by atoms with E-state index in [0.29, 0.717) is 37.1 Å². The topological polar surface area (TPSA) is 171 Å². The highest BCUT2D eigenvalue weighted by Gasteiger charge is 2.11. The van der Waals surface area contributed by atoms with E-state index in [1.165, 1.54) is 0 Å². The Morgan fingerprint density at radius 2 is 1.69 bits per heavy atom. The standard InChI is InChI=1S/C17H25N5O4/c18-13(17(25)26)3-1-2-10-21-14(23)8-9-15(24)22-12-6-4-11(5-7-12)16(19)20/h4-7,13H,1-3,8-10,18H2,(H3,19,20)(H,21,23)(H,22,24)(H,25,26)/t13-/m1/s1. The summed E-state index contributed by atoms with van der Waals surface area (Å²) in [5.74, 6) is -1.61. The van der Waals surface area contributed by atoms with Crippen molar-refractivity contribution in [2.45, 2.75) is 38.1 Å². The van der Waals surface area contributed by atoms with E-state index >= 15 is 0 Å². The first-order valence-corrected chi connectivity index (χ1v) is 8.29. The number of benzene rings is 1. The molecule has 0 aromatic heterocycles. The number of hydrogen-bond acceptors (Lipinski definition) is 5. The maximum atomic E-state index is 11.8. The van der Waals surface area contributed by atoms with Gasteiger partial charge in [-0.2, -0.15) is 0 Å². The Morgan fingerprint density at radius 1 is 1.08 bits per heavy atom. The van der Waals surface area contributed by atoms with Gasteiger partial charge in [-0.15, -0.1) is 0 Å². The van der Waals surface area contributed by atoms with Crippen LogP contribution in [0.4, 0.5) is 5.69 Å². The predicted molar refractivity (Wildman–Crippen MR) is 97.8 cm³/mol. The van der Waals surface area contributed by atoms with Gasteiger partial charge in [0.2, 0.25) is 11.8 Å². The molecule has 9 nitrogen and oxygen atoms in total. The molecule has 0 fully saturated rings. The minimum atomic E-state index is -1.03. The van der Waals surface area contributed by atoms with Crippen LogP contribution in [0.5, 0.6) is 0 Å².